The number of carbonyl (C=O) groups is 1. The lowest BCUT2D eigenvalue weighted by molar-refractivity contribution is -0.128. The van der Waals surface area contributed by atoms with Crippen LogP contribution in [-0.4, -0.2) is 57.5 Å². The van der Waals surface area contributed by atoms with Gasteiger partial charge in [0.05, 0.1) is 10.8 Å². The highest BCUT2D eigenvalue weighted by atomic mass is 35.5. The average molecular weight is 458 g/mol. The summed E-state index contributed by atoms with van der Waals surface area (Å²) < 4.78 is 7.59. The van der Waals surface area contributed by atoms with Gasteiger partial charge in [-0.05, 0) is 24.3 Å². The molecule has 1 aliphatic rings. The van der Waals surface area contributed by atoms with E-state index < -0.39 is 0 Å². The Morgan fingerprint density at radius 3 is 2.48 bits per heavy atom. The fourth-order valence-electron chi connectivity index (χ4n) is 3.37. The van der Waals surface area contributed by atoms with E-state index >= 15 is 0 Å². The Morgan fingerprint density at radius 2 is 1.74 bits per heavy atom. The van der Waals surface area contributed by atoms with E-state index in [-0.39, 0.29) is 12.5 Å². The van der Waals surface area contributed by atoms with E-state index in [1.165, 1.54) is 17.4 Å². The minimum atomic E-state index is 0.120. The van der Waals surface area contributed by atoms with Crippen LogP contribution in [0.4, 0.5) is 5.69 Å². The lowest BCUT2D eigenvalue weighted by Gasteiger charge is -2.36. The quantitative estimate of drug-likeness (QED) is 0.506. The number of para-hydroxylation sites is 2. The molecule has 3 aromatic rings. The third kappa shape index (κ3) is 5.32. The van der Waals surface area contributed by atoms with Crippen LogP contribution in [0.25, 0.3) is 0 Å². The fourth-order valence-corrected chi connectivity index (χ4v) is 4.39. The number of hydrogen-bond acceptors (Lipinski definition) is 6. The third-order valence-corrected chi connectivity index (χ3v) is 6.51. The van der Waals surface area contributed by atoms with Gasteiger partial charge >= 0.3 is 0 Å². The van der Waals surface area contributed by atoms with Gasteiger partial charge in [0.25, 0.3) is 0 Å². The van der Waals surface area contributed by atoms with Crippen molar-refractivity contribution in [3.05, 3.63) is 65.4 Å². The first-order valence-electron chi connectivity index (χ1n) is 10.1. The summed E-state index contributed by atoms with van der Waals surface area (Å²) in [5.74, 6) is 1.73. The second kappa shape index (κ2) is 10.1. The molecule has 0 saturated carbocycles. The maximum absolute atomic E-state index is 12.7. The number of aromatic nitrogens is 3. The van der Waals surface area contributed by atoms with Gasteiger partial charge in [0, 0.05) is 38.9 Å². The first kappa shape index (κ1) is 21.5. The van der Waals surface area contributed by atoms with Crippen LogP contribution in [0, 0.1) is 0 Å². The molecule has 31 heavy (non-hydrogen) atoms. The van der Waals surface area contributed by atoms with E-state index in [2.05, 4.69) is 27.2 Å². The monoisotopic (exact) mass is 457 g/mol. The summed E-state index contributed by atoms with van der Waals surface area (Å²) in [6.07, 6.45) is 0. The maximum atomic E-state index is 12.7. The zero-order valence-corrected chi connectivity index (χ0v) is 18.8. The molecule has 162 valence electrons. The van der Waals surface area contributed by atoms with Crippen molar-refractivity contribution < 1.29 is 9.53 Å². The molecule has 0 N–H and O–H groups in total. The molecule has 9 heteroatoms. The molecule has 1 aromatic heterocycles. The Hall–Kier alpha value is -2.71. The number of hydrogen-bond donors (Lipinski definition) is 0. The third-order valence-electron chi connectivity index (χ3n) is 5.20. The first-order valence-corrected chi connectivity index (χ1v) is 11.4. The van der Waals surface area contributed by atoms with Gasteiger partial charge in [-0.3, -0.25) is 4.79 Å². The van der Waals surface area contributed by atoms with Gasteiger partial charge in [-0.1, -0.05) is 53.7 Å². The minimum Gasteiger partial charge on any atom is -0.484 e. The summed E-state index contributed by atoms with van der Waals surface area (Å²) in [6.45, 7) is 3.39. The van der Waals surface area contributed by atoms with Crippen LogP contribution in [0.2, 0.25) is 5.02 Å². The number of rotatable bonds is 7. The van der Waals surface area contributed by atoms with Crippen LogP contribution in [0.15, 0.2) is 59.8 Å². The van der Waals surface area contributed by atoms with Crippen LogP contribution in [0.3, 0.4) is 0 Å². The van der Waals surface area contributed by atoms with Gasteiger partial charge in [-0.25, -0.2) is 0 Å². The van der Waals surface area contributed by atoms with Crippen molar-refractivity contribution >= 4 is 35.0 Å². The van der Waals surface area contributed by atoms with Crippen LogP contribution in [0.1, 0.15) is 5.82 Å². The normalized spacial score (nSPS) is 14.0. The van der Waals surface area contributed by atoms with Crippen LogP contribution in [0.5, 0.6) is 5.75 Å². The van der Waals surface area contributed by atoms with Crippen LogP contribution < -0.4 is 9.64 Å². The number of thioether (sulfide) groups is 1. The molecule has 1 fully saturated rings. The first-order chi connectivity index (χ1) is 15.1. The molecule has 0 bridgehead atoms. The highest BCUT2D eigenvalue weighted by Crippen LogP contribution is 2.24. The van der Waals surface area contributed by atoms with Crippen molar-refractivity contribution in [3.8, 4) is 5.75 Å². The van der Waals surface area contributed by atoms with Crippen molar-refractivity contribution in [2.24, 2.45) is 7.05 Å². The Bertz CT molecular complexity index is 1020. The lowest BCUT2D eigenvalue weighted by atomic mass is 10.2. The molecule has 0 atom stereocenters. The molecular weight excluding hydrogens is 434 g/mol. The number of halogens is 1. The molecule has 1 amide bonds. The summed E-state index contributed by atoms with van der Waals surface area (Å²) in [4.78, 5) is 16.9. The van der Waals surface area contributed by atoms with Crippen molar-refractivity contribution in [2.45, 2.75) is 11.8 Å². The van der Waals surface area contributed by atoms with Crippen molar-refractivity contribution in [1.29, 1.82) is 0 Å². The molecule has 0 unspecified atom stereocenters. The highest BCUT2D eigenvalue weighted by Gasteiger charge is 2.22. The molecule has 2 heterocycles. The predicted octanol–water partition coefficient (Wildman–Crippen LogP) is 3.49. The van der Waals surface area contributed by atoms with Crippen LogP contribution >= 0.6 is 23.4 Å². The van der Waals surface area contributed by atoms with E-state index in [1.807, 2.05) is 52.9 Å². The Morgan fingerprint density at radius 1 is 1.03 bits per heavy atom. The number of piperazine rings is 1. The topological polar surface area (TPSA) is 63.5 Å². The standard InChI is InChI=1S/C22H24ClN5O2S/c1-26-20(15-30-19-10-6-5-9-18(19)23)24-25-22(26)31-16-21(29)28-13-11-27(12-14-28)17-7-3-2-4-8-17/h2-10H,11-16H2,1H3. The molecule has 1 saturated heterocycles. The van der Waals surface area contributed by atoms with Gasteiger partial charge in [0.15, 0.2) is 11.0 Å². The maximum Gasteiger partial charge on any atom is 0.233 e. The van der Waals surface area contributed by atoms with Crippen molar-refractivity contribution in [2.75, 3.05) is 36.8 Å². The minimum absolute atomic E-state index is 0.120. The van der Waals surface area contributed by atoms with Gasteiger partial charge in [0.2, 0.25) is 5.91 Å². The van der Waals surface area contributed by atoms with Crippen molar-refractivity contribution in [1.82, 2.24) is 19.7 Å². The summed E-state index contributed by atoms with van der Waals surface area (Å²) >= 11 is 7.52. The molecule has 1 aliphatic heterocycles. The number of ether oxygens (including phenoxy) is 1. The predicted molar refractivity (Wildman–Crippen MR) is 123 cm³/mol. The molecule has 0 aliphatic carbocycles. The molecule has 4 rings (SSSR count). The molecular formula is C22H24ClN5O2S. The Labute approximate surface area is 191 Å². The molecule has 0 spiro atoms. The number of nitrogens with zero attached hydrogens (tertiary/aromatic N) is 5. The number of benzene rings is 2. The van der Waals surface area contributed by atoms with E-state index in [1.54, 1.807) is 6.07 Å². The molecule has 2 aromatic carbocycles. The summed E-state index contributed by atoms with van der Waals surface area (Å²) in [5.41, 5.74) is 1.20. The van der Waals surface area contributed by atoms with E-state index in [0.717, 1.165) is 26.2 Å². The smallest absolute Gasteiger partial charge is 0.233 e. The second-order valence-corrected chi connectivity index (χ2v) is 8.52. The number of amides is 1. The highest BCUT2D eigenvalue weighted by molar-refractivity contribution is 7.99. The zero-order valence-electron chi connectivity index (χ0n) is 17.3. The number of anilines is 1. The van der Waals surface area contributed by atoms with E-state index in [9.17, 15) is 4.79 Å². The summed E-state index contributed by atoms with van der Waals surface area (Å²) in [7, 11) is 1.87. The summed E-state index contributed by atoms with van der Waals surface area (Å²) in [6, 6.07) is 17.6. The van der Waals surface area contributed by atoms with Gasteiger partial charge < -0.3 is 19.1 Å². The van der Waals surface area contributed by atoms with Crippen LogP contribution in [-0.2, 0) is 18.4 Å². The second-order valence-electron chi connectivity index (χ2n) is 7.17. The van der Waals surface area contributed by atoms with E-state index in [0.29, 0.717) is 27.5 Å². The lowest BCUT2D eigenvalue weighted by Crippen LogP contribution is -2.49. The Kier molecular flexibility index (Phi) is 6.99. The molecule has 7 nitrogen and oxygen atoms in total. The van der Waals surface area contributed by atoms with Gasteiger partial charge in [-0.2, -0.15) is 0 Å². The largest absolute Gasteiger partial charge is 0.484 e. The zero-order chi connectivity index (χ0) is 21.6. The summed E-state index contributed by atoms with van der Waals surface area (Å²) in [5, 5.41) is 9.63. The number of carbonyl (C=O) groups excluding carboxylic acids is 1. The van der Waals surface area contributed by atoms with Gasteiger partial charge in [0.1, 0.15) is 12.4 Å². The van der Waals surface area contributed by atoms with Crippen molar-refractivity contribution in [3.63, 3.8) is 0 Å². The average Bonchev–Trinajstić information content (AvgIpc) is 3.17. The Balaban J connectivity index is 1.26. The molecule has 0 radical (unpaired) electrons. The fraction of sp³-hybridized carbons (Fsp3) is 0.318. The SMILES string of the molecule is Cn1c(COc2ccccc2Cl)nnc1SCC(=O)N1CCN(c2ccccc2)CC1. The van der Waals surface area contributed by atoms with E-state index in [4.69, 9.17) is 16.3 Å². The van der Waals surface area contributed by atoms with Gasteiger partial charge in [-0.15, -0.1) is 10.2 Å².